The van der Waals surface area contributed by atoms with Crippen LogP contribution in [0.4, 0.5) is 0 Å². The van der Waals surface area contributed by atoms with Gasteiger partial charge in [-0.1, -0.05) is 23.2 Å². The molecule has 0 bridgehead atoms. The van der Waals surface area contributed by atoms with Crippen molar-refractivity contribution in [2.45, 2.75) is 30.8 Å². The maximum absolute atomic E-state index is 12.7. The van der Waals surface area contributed by atoms with Crippen LogP contribution in [-0.2, 0) is 10.0 Å². The molecule has 1 aromatic rings. The number of nitrogens with one attached hydrogen (secondary N) is 1. The average molecular weight is 360 g/mol. The van der Waals surface area contributed by atoms with Gasteiger partial charge in [0.05, 0.1) is 5.02 Å². The average Bonchev–Trinajstić information content (AvgIpc) is 2.35. The molecule has 0 radical (unpaired) electrons. The van der Waals surface area contributed by atoms with Crippen LogP contribution in [0.3, 0.4) is 0 Å². The Morgan fingerprint density at radius 1 is 1.30 bits per heavy atom. The second kappa shape index (κ2) is 6.81. The van der Waals surface area contributed by atoms with E-state index >= 15 is 0 Å². The Morgan fingerprint density at radius 2 is 1.95 bits per heavy atom. The van der Waals surface area contributed by atoms with E-state index in [4.69, 9.17) is 23.2 Å². The van der Waals surface area contributed by atoms with Crippen molar-refractivity contribution in [2.24, 2.45) is 0 Å². The van der Waals surface area contributed by atoms with E-state index in [1.54, 1.807) is 6.07 Å². The highest BCUT2D eigenvalue weighted by Gasteiger charge is 2.35. The van der Waals surface area contributed by atoms with Crippen molar-refractivity contribution >= 4 is 45.6 Å². The van der Waals surface area contributed by atoms with Crippen LogP contribution in [0.2, 0.25) is 10.0 Å². The topological polar surface area (TPSA) is 49.4 Å². The second-order valence-electron chi connectivity index (χ2n) is 4.67. The Balaban J connectivity index is 0.00000200. The van der Waals surface area contributed by atoms with Gasteiger partial charge in [0, 0.05) is 30.2 Å². The minimum Gasteiger partial charge on any atom is -0.311 e. The Morgan fingerprint density at radius 3 is 2.60 bits per heavy atom. The lowest BCUT2D eigenvalue weighted by molar-refractivity contribution is 0.233. The summed E-state index contributed by atoms with van der Waals surface area (Å²) >= 11 is 11.9. The molecule has 20 heavy (non-hydrogen) atoms. The van der Waals surface area contributed by atoms with Gasteiger partial charge in [0.15, 0.2) is 0 Å². The van der Waals surface area contributed by atoms with Crippen LogP contribution in [-0.4, -0.2) is 37.9 Å². The van der Waals surface area contributed by atoms with Gasteiger partial charge >= 0.3 is 0 Å². The van der Waals surface area contributed by atoms with Gasteiger partial charge in [0.1, 0.15) is 4.90 Å². The fourth-order valence-electron chi connectivity index (χ4n) is 2.17. The molecule has 0 aliphatic carbocycles. The number of piperazine rings is 1. The molecule has 0 saturated carbocycles. The molecule has 8 heteroatoms. The van der Waals surface area contributed by atoms with Crippen molar-refractivity contribution in [3.05, 3.63) is 28.2 Å². The Labute approximate surface area is 135 Å². The number of benzene rings is 1. The van der Waals surface area contributed by atoms with E-state index < -0.39 is 10.0 Å². The summed E-state index contributed by atoms with van der Waals surface area (Å²) in [6.45, 7) is 4.90. The van der Waals surface area contributed by atoms with E-state index in [0.29, 0.717) is 18.1 Å². The standard InChI is InChI=1S/C12H16Cl2N2O2S.ClH/c1-8-9(2)16(6-5-15-8)19(17,18)12-7-10(13)3-4-11(12)14;/h3-4,7-9,15H,5-6H2,1-2H3;1H. The van der Waals surface area contributed by atoms with E-state index in [1.807, 2.05) is 13.8 Å². The van der Waals surface area contributed by atoms with Crippen molar-refractivity contribution in [1.29, 1.82) is 0 Å². The van der Waals surface area contributed by atoms with Gasteiger partial charge in [0.2, 0.25) is 10.0 Å². The van der Waals surface area contributed by atoms with Gasteiger partial charge in [-0.15, -0.1) is 12.4 Å². The molecule has 0 aromatic heterocycles. The van der Waals surface area contributed by atoms with Crippen LogP contribution in [0.25, 0.3) is 0 Å². The van der Waals surface area contributed by atoms with Gasteiger partial charge in [-0.2, -0.15) is 4.31 Å². The quantitative estimate of drug-likeness (QED) is 0.883. The van der Waals surface area contributed by atoms with Gasteiger partial charge < -0.3 is 5.32 Å². The fraction of sp³-hybridized carbons (Fsp3) is 0.500. The molecule has 1 aromatic carbocycles. The molecule has 1 aliphatic rings. The third kappa shape index (κ3) is 3.40. The number of halogens is 3. The molecule has 1 saturated heterocycles. The molecule has 1 fully saturated rings. The molecular formula is C12H17Cl3N2O2S. The Hall–Kier alpha value is -0.0400. The largest absolute Gasteiger partial charge is 0.311 e. The minimum absolute atomic E-state index is 0. The number of hydrogen-bond donors (Lipinski definition) is 1. The van der Waals surface area contributed by atoms with Gasteiger partial charge in [0.25, 0.3) is 0 Å². The minimum atomic E-state index is -3.62. The third-order valence-electron chi connectivity index (χ3n) is 3.46. The molecule has 1 N–H and O–H groups in total. The van der Waals surface area contributed by atoms with Crippen LogP contribution in [0.5, 0.6) is 0 Å². The number of nitrogens with zero attached hydrogens (tertiary/aromatic N) is 1. The predicted octanol–water partition coefficient (Wildman–Crippen LogP) is 2.79. The Bertz CT molecular complexity index is 580. The number of rotatable bonds is 2. The lowest BCUT2D eigenvalue weighted by Gasteiger charge is -2.37. The highest BCUT2D eigenvalue weighted by Crippen LogP contribution is 2.29. The molecule has 1 heterocycles. The van der Waals surface area contributed by atoms with E-state index in [9.17, 15) is 8.42 Å². The van der Waals surface area contributed by atoms with Gasteiger partial charge in [-0.05, 0) is 32.0 Å². The number of sulfonamides is 1. The summed E-state index contributed by atoms with van der Waals surface area (Å²) in [5.74, 6) is 0. The third-order valence-corrected chi connectivity index (χ3v) is 6.16. The van der Waals surface area contributed by atoms with Crippen molar-refractivity contribution in [3.63, 3.8) is 0 Å². The molecule has 0 amide bonds. The summed E-state index contributed by atoms with van der Waals surface area (Å²) in [6, 6.07) is 4.45. The highest BCUT2D eigenvalue weighted by atomic mass is 35.5. The summed E-state index contributed by atoms with van der Waals surface area (Å²) in [5, 5.41) is 3.80. The summed E-state index contributed by atoms with van der Waals surface area (Å²) in [7, 11) is -3.62. The molecule has 0 spiro atoms. The first-order valence-corrected chi connectivity index (χ1v) is 8.24. The first kappa shape index (κ1) is 18.0. The van der Waals surface area contributed by atoms with Crippen LogP contribution in [0.15, 0.2) is 23.1 Å². The van der Waals surface area contributed by atoms with Crippen molar-refractivity contribution in [3.8, 4) is 0 Å². The first-order valence-electron chi connectivity index (χ1n) is 6.04. The molecule has 2 atom stereocenters. The lowest BCUT2D eigenvalue weighted by atomic mass is 10.1. The SMILES string of the molecule is CC1NCCN(S(=O)(=O)c2cc(Cl)ccc2Cl)C1C.Cl. The lowest BCUT2D eigenvalue weighted by Crippen LogP contribution is -2.57. The fourth-order valence-corrected chi connectivity index (χ4v) is 4.61. The summed E-state index contributed by atoms with van der Waals surface area (Å²) in [6.07, 6.45) is 0. The normalized spacial score (nSPS) is 24.2. The molecule has 4 nitrogen and oxygen atoms in total. The van der Waals surface area contributed by atoms with Gasteiger partial charge in [-0.3, -0.25) is 0 Å². The molecule has 2 unspecified atom stereocenters. The number of hydrogen-bond acceptors (Lipinski definition) is 3. The monoisotopic (exact) mass is 358 g/mol. The zero-order chi connectivity index (χ0) is 14.2. The van der Waals surface area contributed by atoms with Crippen molar-refractivity contribution < 1.29 is 8.42 Å². The Kier molecular flexibility index (Phi) is 6.14. The van der Waals surface area contributed by atoms with E-state index in [0.717, 1.165) is 0 Å². The molecule has 2 rings (SSSR count). The maximum Gasteiger partial charge on any atom is 0.244 e. The zero-order valence-corrected chi connectivity index (χ0v) is 14.3. The van der Waals surface area contributed by atoms with Crippen molar-refractivity contribution in [2.75, 3.05) is 13.1 Å². The van der Waals surface area contributed by atoms with Crippen LogP contribution < -0.4 is 5.32 Å². The van der Waals surface area contributed by atoms with E-state index in [-0.39, 0.29) is 34.4 Å². The first-order chi connectivity index (χ1) is 8.84. The smallest absolute Gasteiger partial charge is 0.244 e. The summed E-state index contributed by atoms with van der Waals surface area (Å²) in [4.78, 5) is 0.0719. The zero-order valence-electron chi connectivity index (χ0n) is 11.1. The molecular weight excluding hydrogens is 343 g/mol. The summed E-state index contributed by atoms with van der Waals surface area (Å²) < 4.78 is 26.8. The van der Waals surface area contributed by atoms with Crippen LogP contribution >= 0.6 is 35.6 Å². The summed E-state index contributed by atoms with van der Waals surface area (Å²) in [5.41, 5.74) is 0. The van der Waals surface area contributed by atoms with E-state index in [2.05, 4.69) is 5.32 Å². The predicted molar refractivity (Wildman–Crippen MR) is 84.5 cm³/mol. The molecule has 114 valence electrons. The van der Waals surface area contributed by atoms with Crippen LogP contribution in [0.1, 0.15) is 13.8 Å². The highest BCUT2D eigenvalue weighted by molar-refractivity contribution is 7.89. The van der Waals surface area contributed by atoms with Crippen LogP contribution in [0, 0.1) is 0 Å². The van der Waals surface area contributed by atoms with E-state index in [1.165, 1.54) is 16.4 Å². The maximum atomic E-state index is 12.7. The van der Waals surface area contributed by atoms with Crippen molar-refractivity contribution in [1.82, 2.24) is 9.62 Å². The van der Waals surface area contributed by atoms with Gasteiger partial charge in [-0.25, -0.2) is 8.42 Å². The molecule has 1 aliphatic heterocycles. The second-order valence-corrected chi connectivity index (χ2v) is 7.38.